The van der Waals surface area contributed by atoms with Crippen molar-refractivity contribution in [2.75, 3.05) is 11.5 Å². The first-order valence-electron chi connectivity index (χ1n) is 9.74. The Kier molecular flexibility index (Phi) is 6.91. The molecule has 1 N–H and O–H groups in total. The molecule has 31 heavy (non-hydrogen) atoms. The second-order valence-electron chi connectivity index (χ2n) is 6.98. The molecule has 1 atom stereocenters. The molecule has 1 saturated heterocycles. The topological polar surface area (TPSA) is 96.0 Å². The molecule has 4 amide bonds. The average molecular weight is 444 g/mol. The Balaban J connectivity index is 1.88. The quantitative estimate of drug-likeness (QED) is 0.566. The fraction of sp³-hybridized carbons (Fsp3) is 0.273. The Morgan fingerprint density at radius 1 is 1.19 bits per heavy atom. The molecule has 1 unspecified atom stereocenters. The largest absolute Gasteiger partial charge is 0.449 e. The number of ether oxygens (including phenoxy) is 1. The van der Waals surface area contributed by atoms with Gasteiger partial charge in [-0.3, -0.25) is 14.4 Å². The van der Waals surface area contributed by atoms with Gasteiger partial charge in [-0.15, -0.1) is 0 Å². The Hall–Kier alpha value is -3.39. The number of hydrazine groups is 1. The van der Waals surface area contributed by atoms with Crippen molar-refractivity contribution >= 4 is 41.1 Å². The van der Waals surface area contributed by atoms with Gasteiger partial charge in [0.05, 0.1) is 25.1 Å². The van der Waals surface area contributed by atoms with E-state index >= 15 is 0 Å². The summed E-state index contributed by atoms with van der Waals surface area (Å²) in [6, 6.07) is 12.5. The maximum atomic E-state index is 13.1. The number of benzene rings is 2. The molecule has 0 aliphatic carbocycles. The van der Waals surface area contributed by atoms with Crippen LogP contribution in [-0.2, 0) is 25.5 Å². The first kappa shape index (κ1) is 22.3. The SMILES string of the molecule is CCOC(=O)NN(C(=O)Cc1ccccc1)C1CC(=O)N(c2ccc(Cl)c(C)c2)C1=O. The molecule has 162 valence electrons. The molecule has 8 nitrogen and oxygen atoms in total. The van der Waals surface area contributed by atoms with Crippen molar-refractivity contribution in [2.24, 2.45) is 0 Å². The number of rotatable bonds is 5. The first-order valence-corrected chi connectivity index (χ1v) is 10.1. The predicted octanol–water partition coefficient (Wildman–Crippen LogP) is 3.01. The minimum Gasteiger partial charge on any atom is -0.449 e. The number of hydrogen-bond acceptors (Lipinski definition) is 5. The summed E-state index contributed by atoms with van der Waals surface area (Å²) in [5.41, 5.74) is 4.08. The lowest BCUT2D eigenvalue weighted by molar-refractivity contribution is -0.140. The van der Waals surface area contributed by atoms with E-state index in [4.69, 9.17) is 16.3 Å². The normalized spacial score (nSPS) is 15.7. The van der Waals surface area contributed by atoms with Crippen LogP contribution in [-0.4, -0.2) is 41.5 Å². The molecule has 0 saturated carbocycles. The summed E-state index contributed by atoms with van der Waals surface area (Å²) in [7, 11) is 0. The lowest BCUT2D eigenvalue weighted by atomic mass is 10.1. The highest BCUT2D eigenvalue weighted by molar-refractivity contribution is 6.31. The maximum absolute atomic E-state index is 13.1. The summed E-state index contributed by atoms with van der Waals surface area (Å²) in [5.74, 6) is -1.65. The van der Waals surface area contributed by atoms with Crippen LogP contribution >= 0.6 is 11.6 Å². The maximum Gasteiger partial charge on any atom is 0.426 e. The van der Waals surface area contributed by atoms with Crippen molar-refractivity contribution < 1.29 is 23.9 Å². The second-order valence-corrected chi connectivity index (χ2v) is 7.39. The molecule has 0 radical (unpaired) electrons. The van der Waals surface area contributed by atoms with E-state index in [1.807, 2.05) is 6.07 Å². The molecule has 0 spiro atoms. The summed E-state index contributed by atoms with van der Waals surface area (Å²) in [5, 5.41) is 1.40. The van der Waals surface area contributed by atoms with E-state index < -0.39 is 29.9 Å². The van der Waals surface area contributed by atoms with E-state index in [1.54, 1.807) is 56.3 Å². The molecule has 1 aliphatic rings. The Morgan fingerprint density at radius 2 is 1.90 bits per heavy atom. The number of anilines is 1. The third kappa shape index (κ3) is 5.03. The number of carbonyl (C=O) groups excluding carboxylic acids is 4. The van der Waals surface area contributed by atoms with Gasteiger partial charge in [0.15, 0.2) is 0 Å². The van der Waals surface area contributed by atoms with E-state index in [0.29, 0.717) is 21.8 Å². The van der Waals surface area contributed by atoms with E-state index in [0.717, 1.165) is 9.91 Å². The van der Waals surface area contributed by atoms with Crippen LogP contribution in [0.2, 0.25) is 5.02 Å². The lowest BCUT2D eigenvalue weighted by Crippen LogP contribution is -2.55. The summed E-state index contributed by atoms with van der Waals surface area (Å²) in [6.07, 6.45) is -1.22. The highest BCUT2D eigenvalue weighted by atomic mass is 35.5. The van der Waals surface area contributed by atoms with Crippen LogP contribution in [0.15, 0.2) is 48.5 Å². The van der Waals surface area contributed by atoms with Crippen molar-refractivity contribution in [3.8, 4) is 0 Å². The predicted molar refractivity (Wildman–Crippen MR) is 114 cm³/mol. The van der Waals surface area contributed by atoms with E-state index in [2.05, 4.69) is 5.43 Å². The van der Waals surface area contributed by atoms with Crippen molar-refractivity contribution in [1.82, 2.24) is 10.4 Å². The first-order chi connectivity index (χ1) is 14.8. The van der Waals surface area contributed by atoms with Crippen molar-refractivity contribution in [3.63, 3.8) is 0 Å². The number of imide groups is 1. The van der Waals surface area contributed by atoms with Crippen molar-refractivity contribution in [1.29, 1.82) is 0 Å². The van der Waals surface area contributed by atoms with Crippen LogP contribution in [0.25, 0.3) is 0 Å². The van der Waals surface area contributed by atoms with Crippen LogP contribution in [0, 0.1) is 6.92 Å². The monoisotopic (exact) mass is 443 g/mol. The Morgan fingerprint density at radius 3 is 2.55 bits per heavy atom. The third-order valence-electron chi connectivity index (χ3n) is 4.79. The minimum absolute atomic E-state index is 0.0642. The number of nitrogens with one attached hydrogen (secondary N) is 1. The van der Waals surface area contributed by atoms with Gasteiger partial charge in [-0.05, 0) is 43.2 Å². The van der Waals surface area contributed by atoms with Crippen LogP contribution in [0.3, 0.4) is 0 Å². The van der Waals surface area contributed by atoms with E-state index in [1.165, 1.54) is 0 Å². The number of nitrogens with zero attached hydrogens (tertiary/aromatic N) is 2. The minimum atomic E-state index is -1.19. The fourth-order valence-electron chi connectivity index (χ4n) is 3.29. The van der Waals surface area contributed by atoms with Crippen LogP contribution in [0.4, 0.5) is 10.5 Å². The van der Waals surface area contributed by atoms with Gasteiger partial charge in [0, 0.05) is 5.02 Å². The van der Waals surface area contributed by atoms with Gasteiger partial charge in [0.1, 0.15) is 6.04 Å². The molecule has 2 aromatic carbocycles. The zero-order valence-electron chi connectivity index (χ0n) is 17.1. The summed E-state index contributed by atoms with van der Waals surface area (Å²) in [4.78, 5) is 51.8. The highest BCUT2D eigenvalue weighted by Crippen LogP contribution is 2.28. The zero-order chi connectivity index (χ0) is 22.5. The molecule has 0 bridgehead atoms. The smallest absolute Gasteiger partial charge is 0.426 e. The van der Waals surface area contributed by atoms with Gasteiger partial charge in [-0.2, -0.15) is 0 Å². The van der Waals surface area contributed by atoms with Gasteiger partial charge in [0.25, 0.3) is 5.91 Å². The van der Waals surface area contributed by atoms with Crippen LogP contribution in [0.5, 0.6) is 0 Å². The molecule has 3 rings (SSSR count). The van der Waals surface area contributed by atoms with Gasteiger partial charge >= 0.3 is 6.09 Å². The molecule has 2 aromatic rings. The highest BCUT2D eigenvalue weighted by Gasteiger charge is 2.45. The van der Waals surface area contributed by atoms with Crippen LogP contribution in [0.1, 0.15) is 24.5 Å². The molecular weight excluding hydrogens is 422 g/mol. The van der Waals surface area contributed by atoms with E-state index in [-0.39, 0.29) is 19.4 Å². The summed E-state index contributed by atoms with van der Waals surface area (Å²) >= 11 is 6.04. The van der Waals surface area contributed by atoms with Gasteiger partial charge in [-0.1, -0.05) is 41.9 Å². The van der Waals surface area contributed by atoms with Gasteiger partial charge < -0.3 is 4.74 Å². The summed E-state index contributed by atoms with van der Waals surface area (Å²) in [6.45, 7) is 3.46. The lowest BCUT2D eigenvalue weighted by Gasteiger charge is -2.27. The number of amides is 4. The number of aryl methyl sites for hydroxylation is 1. The van der Waals surface area contributed by atoms with Crippen molar-refractivity contribution in [3.05, 3.63) is 64.7 Å². The molecule has 1 heterocycles. The zero-order valence-corrected chi connectivity index (χ0v) is 17.9. The third-order valence-corrected chi connectivity index (χ3v) is 5.21. The van der Waals surface area contributed by atoms with E-state index in [9.17, 15) is 19.2 Å². The summed E-state index contributed by atoms with van der Waals surface area (Å²) < 4.78 is 4.87. The Labute approximate surface area is 184 Å². The standard InChI is InChI=1S/C22H22ClN3O5/c1-3-31-22(30)24-26(20(28)12-15-7-5-4-6-8-15)18-13-19(27)25(21(18)29)16-9-10-17(23)14(2)11-16/h4-11,18H,3,12-13H2,1-2H3,(H,24,30). The number of hydrogen-bond donors (Lipinski definition) is 1. The fourth-order valence-corrected chi connectivity index (χ4v) is 3.41. The Bertz CT molecular complexity index is 1010. The molecular formula is C22H22ClN3O5. The molecule has 1 fully saturated rings. The van der Waals surface area contributed by atoms with Gasteiger partial charge in [0.2, 0.25) is 11.8 Å². The molecule has 1 aliphatic heterocycles. The average Bonchev–Trinajstić information content (AvgIpc) is 3.03. The van der Waals surface area contributed by atoms with Gasteiger partial charge in [-0.25, -0.2) is 20.1 Å². The van der Waals surface area contributed by atoms with Crippen molar-refractivity contribution in [2.45, 2.75) is 32.7 Å². The molecule has 0 aromatic heterocycles. The number of carbonyl (C=O) groups is 4. The van der Waals surface area contributed by atoms with Crippen LogP contribution < -0.4 is 10.3 Å². The number of halogens is 1. The second kappa shape index (κ2) is 9.61. The molecule has 9 heteroatoms.